The van der Waals surface area contributed by atoms with Gasteiger partial charge >= 0.3 is 0 Å². The van der Waals surface area contributed by atoms with E-state index in [0.717, 1.165) is 30.0 Å². The fraction of sp³-hybridized carbons (Fsp3) is 0.529. The molecule has 0 aliphatic heterocycles. The van der Waals surface area contributed by atoms with E-state index in [-0.39, 0.29) is 11.4 Å². The number of hydrogen-bond donors (Lipinski definition) is 2. The smallest absolute Gasteiger partial charge is 0.253 e. The van der Waals surface area contributed by atoms with Crippen molar-refractivity contribution in [2.75, 3.05) is 6.54 Å². The minimum atomic E-state index is -0.357. The van der Waals surface area contributed by atoms with Gasteiger partial charge in [0.05, 0.1) is 11.1 Å². The topological polar surface area (TPSA) is 86.1 Å². The Labute approximate surface area is 137 Å². The number of hydrogen-bond acceptors (Lipinski definition) is 4. The number of nitrogens with zero attached hydrogens (tertiary/aromatic N) is 2. The Bertz CT molecular complexity index is 687. The summed E-state index contributed by atoms with van der Waals surface area (Å²) in [6, 6.07) is 3.73. The first-order chi connectivity index (χ1) is 10.9. The molecule has 0 fully saturated rings. The third-order valence-electron chi connectivity index (χ3n) is 4.64. The SMILES string of the molecule is CCC(CC)(CN)NC(=O)c1cc(C)n(-c2cc(C)on2)c1C. The van der Waals surface area contributed by atoms with Gasteiger partial charge in [-0.1, -0.05) is 19.0 Å². The Morgan fingerprint density at radius 3 is 2.43 bits per heavy atom. The van der Waals surface area contributed by atoms with Crippen molar-refractivity contribution >= 4 is 5.91 Å². The number of nitrogens with two attached hydrogens (primary N) is 1. The van der Waals surface area contributed by atoms with Gasteiger partial charge in [-0.15, -0.1) is 0 Å². The van der Waals surface area contributed by atoms with E-state index in [1.54, 1.807) is 0 Å². The molecular weight excluding hydrogens is 292 g/mol. The number of amides is 1. The highest BCUT2D eigenvalue weighted by Crippen LogP contribution is 2.22. The summed E-state index contributed by atoms with van der Waals surface area (Å²) in [7, 11) is 0. The van der Waals surface area contributed by atoms with Gasteiger partial charge in [-0.05, 0) is 39.7 Å². The van der Waals surface area contributed by atoms with Gasteiger partial charge in [0.1, 0.15) is 5.76 Å². The van der Waals surface area contributed by atoms with Crippen molar-refractivity contribution in [1.29, 1.82) is 0 Å². The summed E-state index contributed by atoms with van der Waals surface area (Å²) in [5.74, 6) is 1.32. The Morgan fingerprint density at radius 2 is 1.96 bits per heavy atom. The summed E-state index contributed by atoms with van der Waals surface area (Å²) in [5.41, 5.74) is 7.94. The number of aromatic nitrogens is 2. The summed E-state index contributed by atoms with van der Waals surface area (Å²) in [4.78, 5) is 12.7. The molecular formula is C17H26N4O2. The molecule has 0 radical (unpaired) electrons. The Balaban J connectivity index is 2.36. The Morgan fingerprint density at radius 1 is 1.30 bits per heavy atom. The fourth-order valence-electron chi connectivity index (χ4n) is 2.88. The van der Waals surface area contributed by atoms with Crippen molar-refractivity contribution in [3.8, 4) is 5.82 Å². The minimum absolute atomic E-state index is 0.0984. The van der Waals surface area contributed by atoms with Crippen molar-refractivity contribution in [1.82, 2.24) is 15.0 Å². The molecule has 2 aromatic heterocycles. The molecule has 2 aromatic rings. The van der Waals surface area contributed by atoms with Crippen molar-refractivity contribution < 1.29 is 9.32 Å². The lowest BCUT2D eigenvalue weighted by molar-refractivity contribution is 0.0894. The molecule has 0 aliphatic carbocycles. The van der Waals surface area contributed by atoms with Gasteiger partial charge < -0.3 is 15.6 Å². The zero-order valence-electron chi connectivity index (χ0n) is 14.6. The summed E-state index contributed by atoms with van der Waals surface area (Å²) in [5, 5.41) is 7.15. The number of rotatable bonds is 6. The predicted octanol–water partition coefficient (Wildman–Crippen LogP) is 2.64. The monoisotopic (exact) mass is 318 g/mol. The van der Waals surface area contributed by atoms with Crippen LogP contribution in [-0.2, 0) is 0 Å². The summed E-state index contributed by atoms with van der Waals surface area (Å²) in [6.45, 7) is 10.2. The molecule has 0 aromatic carbocycles. The van der Waals surface area contributed by atoms with Crippen LogP contribution in [0.5, 0.6) is 0 Å². The van der Waals surface area contributed by atoms with Gasteiger partial charge in [0.25, 0.3) is 5.91 Å². The molecule has 3 N–H and O–H groups in total. The summed E-state index contributed by atoms with van der Waals surface area (Å²) >= 11 is 0. The fourth-order valence-corrected chi connectivity index (χ4v) is 2.88. The average Bonchev–Trinajstić information content (AvgIpc) is 3.08. The third kappa shape index (κ3) is 3.17. The molecule has 6 nitrogen and oxygen atoms in total. The maximum absolute atomic E-state index is 12.7. The molecule has 1 amide bonds. The second-order valence-electron chi connectivity index (χ2n) is 6.06. The first-order valence-corrected chi connectivity index (χ1v) is 8.02. The molecule has 126 valence electrons. The van der Waals surface area contributed by atoms with Crippen LogP contribution < -0.4 is 11.1 Å². The number of carbonyl (C=O) groups is 1. The zero-order chi connectivity index (χ0) is 17.2. The Kier molecular flexibility index (Phi) is 4.94. The van der Waals surface area contributed by atoms with E-state index in [0.29, 0.717) is 17.9 Å². The number of aryl methyl sites for hydroxylation is 2. The lowest BCUT2D eigenvalue weighted by atomic mass is 9.92. The second-order valence-corrected chi connectivity index (χ2v) is 6.06. The van der Waals surface area contributed by atoms with Crippen LogP contribution in [0, 0.1) is 20.8 Å². The normalized spacial score (nSPS) is 11.7. The highest BCUT2D eigenvalue weighted by molar-refractivity contribution is 5.96. The largest absolute Gasteiger partial charge is 0.360 e. The predicted molar refractivity (Wildman–Crippen MR) is 89.9 cm³/mol. The van der Waals surface area contributed by atoms with E-state index in [1.165, 1.54) is 0 Å². The van der Waals surface area contributed by atoms with Gasteiger partial charge in [-0.2, -0.15) is 0 Å². The zero-order valence-corrected chi connectivity index (χ0v) is 14.6. The summed E-state index contributed by atoms with van der Waals surface area (Å²) < 4.78 is 7.07. The Hall–Kier alpha value is -2.08. The minimum Gasteiger partial charge on any atom is -0.360 e. The lowest BCUT2D eigenvalue weighted by Crippen LogP contribution is -2.52. The average molecular weight is 318 g/mol. The third-order valence-corrected chi connectivity index (χ3v) is 4.64. The van der Waals surface area contributed by atoms with E-state index in [2.05, 4.69) is 10.5 Å². The van der Waals surface area contributed by atoms with Crippen LogP contribution in [0.15, 0.2) is 16.7 Å². The number of carbonyl (C=O) groups excluding carboxylic acids is 1. The standard InChI is InChI=1S/C17H26N4O2/c1-6-17(7-2,10-18)19-16(22)14-8-11(3)21(13(14)5)15-9-12(4)23-20-15/h8-9H,6-7,10,18H2,1-5H3,(H,19,22). The van der Waals surface area contributed by atoms with Crippen molar-refractivity contribution in [2.45, 2.75) is 53.0 Å². The van der Waals surface area contributed by atoms with Crippen LogP contribution in [0.25, 0.3) is 5.82 Å². The van der Waals surface area contributed by atoms with Crippen molar-refractivity contribution in [3.05, 3.63) is 34.8 Å². The van der Waals surface area contributed by atoms with Crippen LogP contribution in [0.2, 0.25) is 0 Å². The molecule has 0 saturated carbocycles. The molecule has 0 aliphatic rings. The highest BCUT2D eigenvalue weighted by Gasteiger charge is 2.28. The summed E-state index contributed by atoms with van der Waals surface area (Å²) in [6.07, 6.45) is 1.60. The van der Waals surface area contributed by atoms with Gasteiger partial charge in [-0.3, -0.25) is 9.36 Å². The molecule has 23 heavy (non-hydrogen) atoms. The first-order valence-electron chi connectivity index (χ1n) is 8.02. The quantitative estimate of drug-likeness (QED) is 0.857. The molecule has 0 atom stereocenters. The van der Waals surface area contributed by atoms with Crippen molar-refractivity contribution in [2.24, 2.45) is 5.73 Å². The van der Waals surface area contributed by atoms with Gasteiger partial charge in [0.2, 0.25) is 0 Å². The maximum atomic E-state index is 12.7. The molecule has 0 saturated heterocycles. The molecule has 2 rings (SSSR count). The van der Waals surface area contributed by atoms with Gasteiger partial charge in [0.15, 0.2) is 5.82 Å². The van der Waals surface area contributed by atoms with E-state index in [1.807, 2.05) is 51.3 Å². The molecule has 0 spiro atoms. The molecule has 0 unspecified atom stereocenters. The molecule has 2 heterocycles. The molecule has 0 bridgehead atoms. The first kappa shape index (κ1) is 17.3. The second kappa shape index (κ2) is 6.58. The van der Waals surface area contributed by atoms with Crippen molar-refractivity contribution in [3.63, 3.8) is 0 Å². The van der Waals surface area contributed by atoms with Crippen LogP contribution in [0.4, 0.5) is 0 Å². The van der Waals surface area contributed by atoms with Crippen LogP contribution in [-0.4, -0.2) is 27.7 Å². The van der Waals surface area contributed by atoms with Crippen LogP contribution in [0.1, 0.15) is 54.2 Å². The van der Waals surface area contributed by atoms with Crippen LogP contribution in [0.3, 0.4) is 0 Å². The van der Waals surface area contributed by atoms with E-state index in [9.17, 15) is 4.79 Å². The lowest BCUT2D eigenvalue weighted by Gasteiger charge is -2.31. The van der Waals surface area contributed by atoms with Crippen LogP contribution >= 0.6 is 0 Å². The van der Waals surface area contributed by atoms with E-state index >= 15 is 0 Å². The van der Waals surface area contributed by atoms with E-state index in [4.69, 9.17) is 10.3 Å². The maximum Gasteiger partial charge on any atom is 0.253 e. The number of nitrogens with one attached hydrogen (secondary N) is 1. The van der Waals surface area contributed by atoms with Gasteiger partial charge in [0, 0.05) is 24.0 Å². The van der Waals surface area contributed by atoms with Gasteiger partial charge in [-0.25, -0.2) is 0 Å². The highest BCUT2D eigenvalue weighted by atomic mass is 16.5. The van der Waals surface area contributed by atoms with E-state index < -0.39 is 0 Å². The molecule has 6 heteroatoms.